The van der Waals surface area contributed by atoms with E-state index in [2.05, 4.69) is 0 Å². The molecule has 0 radical (unpaired) electrons. The lowest BCUT2D eigenvalue weighted by atomic mass is 10.1. The van der Waals surface area contributed by atoms with Crippen LogP contribution in [0.3, 0.4) is 0 Å². The molecule has 0 saturated heterocycles. The first-order chi connectivity index (χ1) is 9.60. The third-order valence-electron chi connectivity index (χ3n) is 3.61. The Balaban J connectivity index is 2.18. The number of rotatable bonds is 2. The molecule has 4 nitrogen and oxygen atoms in total. The monoisotopic (exact) mass is 267 g/mol. The fraction of sp³-hybridized carbons (Fsp3) is 0.188. The van der Waals surface area contributed by atoms with Crippen molar-refractivity contribution in [2.45, 2.75) is 13.8 Å². The summed E-state index contributed by atoms with van der Waals surface area (Å²) in [5.74, 6) is 0.843. The highest BCUT2D eigenvalue weighted by Gasteiger charge is 2.11. The van der Waals surface area contributed by atoms with Crippen LogP contribution in [0.1, 0.15) is 11.3 Å². The topological polar surface area (TPSA) is 52.5 Å². The molecule has 0 unspecified atom stereocenters. The second-order valence-corrected chi connectivity index (χ2v) is 4.91. The van der Waals surface area contributed by atoms with Gasteiger partial charge in [0.05, 0.1) is 18.5 Å². The molecule has 0 bridgehead atoms. The SMILES string of the molecule is COc1ccc(-c2nc3cc(C)c(N)cn3c2C)cc1. The maximum atomic E-state index is 5.98. The number of ether oxygens (including phenoxy) is 1. The molecule has 0 aliphatic heterocycles. The van der Waals surface area contributed by atoms with E-state index in [0.717, 1.165) is 39.6 Å². The molecule has 3 aromatic rings. The third kappa shape index (κ3) is 1.90. The smallest absolute Gasteiger partial charge is 0.138 e. The number of nitrogens with two attached hydrogens (primary N) is 1. The van der Waals surface area contributed by atoms with Crippen LogP contribution in [0.25, 0.3) is 16.9 Å². The van der Waals surface area contributed by atoms with Gasteiger partial charge in [0.25, 0.3) is 0 Å². The van der Waals surface area contributed by atoms with E-state index in [1.165, 1.54) is 0 Å². The van der Waals surface area contributed by atoms with Crippen molar-refractivity contribution in [3.8, 4) is 17.0 Å². The van der Waals surface area contributed by atoms with E-state index in [1.54, 1.807) is 7.11 Å². The molecule has 1 aromatic carbocycles. The van der Waals surface area contributed by atoms with Gasteiger partial charge in [-0.05, 0) is 49.7 Å². The van der Waals surface area contributed by atoms with Gasteiger partial charge in [-0.3, -0.25) is 0 Å². The lowest BCUT2D eigenvalue weighted by molar-refractivity contribution is 0.415. The van der Waals surface area contributed by atoms with E-state index < -0.39 is 0 Å². The molecule has 2 heterocycles. The van der Waals surface area contributed by atoms with Gasteiger partial charge in [-0.2, -0.15) is 0 Å². The molecule has 2 N–H and O–H groups in total. The Morgan fingerprint density at radius 1 is 1.15 bits per heavy atom. The van der Waals surface area contributed by atoms with E-state index in [4.69, 9.17) is 15.5 Å². The Labute approximate surface area is 117 Å². The Morgan fingerprint density at radius 3 is 2.50 bits per heavy atom. The van der Waals surface area contributed by atoms with Crippen molar-refractivity contribution < 1.29 is 4.74 Å². The number of imidazole rings is 1. The number of aryl methyl sites for hydroxylation is 2. The second-order valence-electron chi connectivity index (χ2n) is 4.91. The number of benzene rings is 1. The van der Waals surface area contributed by atoms with Gasteiger partial charge in [0, 0.05) is 17.5 Å². The fourth-order valence-electron chi connectivity index (χ4n) is 2.34. The molecule has 0 aliphatic carbocycles. The highest BCUT2D eigenvalue weighted by atomic mass is 16.5. The summed E-state index contributed by atoms with van der Waals surface area (Å²) in [6, 6.07) is 9.93. The van der Waals surface area contributed by atoms with E-state index in [-0.39, 0.29) is 0 Å². The molecule has 2 aromatic heterocycles. The van der Waals surface area contributed by atoms with Crippen LogP contribution in [0.5, 0.6) is 5.75 Å². The van der Waals surface area contributed by atoms with Crippen molar-refractivity contribution >= 4 is 11.3 Å². The number of nitrogen functional groups attached to an aromatic ring is 1. The maximum Gasteiger partial charge on any atom is 0.138 e. The Morgan fingerprint density at radius 2 is 1.85 bits per heavy atom. The summed E-state index contributed by atoms with van der Waals surface area (Å²) < 4.78 is 7.21. The van der Waals surface area contributed by atoms with Crippen LogP contribution in [0.15, 0.2) is 36.5 Å². The summed E-state index contributed by atoms with van der Waals surface area (Å²) in [5, 5.41) is 0. The molecule has 20 heavy (non-hydrogen) atoms. The molecular weight excluding hydrogens is 250 g/mol. The number of aromatic nitrogens is 2. The van der Waals surface area contributed by atoms with Crippen LogP contribution >= 0.6 is 0 Å². The van der Waals surface area contributed by atoms with Crippen molar-refractivity contribution in [2.24, 2.45) is 0 Å². The molecule has 3 rings (SSSR count). The summed E-state index contributed by atoms with van der Waals surface area (Å²) >= 11 is 0. The highest BCUT2D eigenvalue weighted by molar-refractivity contribution is 5.68. The van der Waals surface area contributed by atoms with Gasteiger partial charge < -0.3 is 14.9 Å². The minimum absolute atomic E-state index is 0.777. The summed E-state index contributed by atoms with van der Waals surface area (Å²) in [4.78, 5) is 4.71. The van der Waals surface area contributed by atoms with Gasteiger partial charge in [0.2, 0.25) is 0 Å². The molecule has 0 saturated carbocycles. The molecule has 0 atom stereocenters. The number of nitrogens with zero attached hydrogens (tertiary/aromatic N) is 2. The van der Waals surface area contributed by atoms with Crippen LogP contribution in [0, 0.1) is 13.8 Å². The summed E-state index contributed by atoms with van der Waals surface area (Å²) in [7, 11) is 1.66. The average Bonchev–Trinajstić information content (AvgIpc) is 2.77. The van der Waals surface area contributed by atoms with Crippen LogP contribution in [-0.2, 0) is 0 Å². The van der Waals surface area contributed by atoms with Gasteiger partial charge in [-0.15, -0.1) is 0 Å². The molecule has 0 fully saturated rings. The molecular formula is C16H17N3O. The number of fused-ring (bicyclic) bond motifs is 1. The van der Waals surface area contributed by atoms with Gasteiger partial charge >= 0.3 is 0 Å². The number of pyridine rings is 1. The van der Waals surface area contributed by atoms with Crippen molar-refractivity contribution in [3.05, 3.63) is 47.8 Å². The van der Waals surface area contributed by atoms with Crippen molar-refractivity contribution in [2.75, 3.05) is 12.8 Å². The minimum Gasteiger partial charge on any atom is -0.497 e. The van der Waals surface area contributed by atoms with Crippen molar-refractivity contribution in [3.63, 3.8) is 0 Å². The lowest BCUT2D eigenvalue weighted by Crippen LogP contribution is -1.95. The number of methoxy groups -OCH3 is 1. The van der Waals surface area contributed by atoms with Crippen molar-refractivity contribution in [1.29, 1.82) is 0 Å². The Bertz CT molecular complexity index is 773. The summed E-state index contributed by atoms with van der Waals surface area (Å²) in [6.45, 7) is 4.04. The molecule has 102 valence electrons. The van der Waals surface area contributed by atoms with E-state index in [0.29, 0.717) is 0 Å². The summed E-state index contributed by atoms with van der Waals surface area (Å²) in [6.07, 6.45) is 1.93. The van der Waals surface area contributed by atoms with Gasteiger partial charge in [0.15, 0.2) is 0 Å². The normalized spacial score (nSPS) is 10.9. The van der Waals surface area contributed by atoms with Crippen LogP contribution < -0.4 is 10.5 Å². The van der Waals surface area contributed by atoms with Crippen LogP contribution in [0.2, 0.25) is 0 Å². The average molecular weight is 267 g/mol. The predicted molar refractivity (Wildman–Crippen MR) is 81.1 cm³/mol. The van der Waals surface area contributed by atoms with E-state index in [9.17, 15) is 0 Å². The first-order valence-electron chi connectivity index (χ1n) is 6.49. The molecule has 4 heteroatoms. The third-order valence-corrected chi connectivity index (χ3v) is 3.61. The minimum atomic E-state index is 0.777. The Hall–Kier alpha value is -2.49. The zero-order chi connectivity index (χ0) is 14.3. The van der Waals surface area contributed by atoms with Crippen LogP contribution in [0.4, 0.5) is 5.69 Å². The highest BCUT2D eigenvalue weighted by Crippen LogP contribution is 2.27. The second kappa shape index (κ2) is 4.56. The number of hydrogen-bond donors (Lipinski definition) is 1. The predicted octanol–water partition coefficient (Wildman–Crippen LogP) is 3.21. The number of hydrogen-bond acceptors (Lipinski definition) is 3. The number of anilines is 1. The molecule has 0 spiro atoms. The van der Waals surface area contributed by atoms with E-state index >= 15 is 0 Å². The fourth-order valence-corrected chi connectivity index (χ4v) is 2.34. The quantitative estimate of drug-likeness (QED) is 0.775. The Kier molecular flexibility index (Phi) is 2.86. The van der Waals surface area contributed by atoms with E-state index in [1.807, 2.05) is 54.8 Å². The molecule has 0 amide bonds. The molecule has 0 aliphatic rings. The zero-order valence-electron chi connectivity index (χ0n) is 11.8. The van der Waals surface area contributed by atoms with Gasteiger partial charge in [-0.1, -0.05) is 0 Å². The van der Waals surface area contributed by atoms with Gasteiger partial charge in [0.1, 0.15) is 11.4 Å². The standard InChI is InChI=1S/C16H17N3O/c1-10-8-15-18-16(11(2)19(15)9-14(10)17)12-4-6-13(20-3)7-5-12/h4-9H,17H2,1-3H3. The first-order valence-corrected chi connectivity index (χ1v) is 6.49. The van der Waals surface area contributed by atoms with Crippen LogP contribution in [-0.4, -0.2) is 16.5 Å². The van der Waals surface area contributed by atoms with Crippen molar-refractivity contribution in [1.82, 2.24) is 9.38 Å². The lowest BCUT2D eigenvalue weighted by Gasteiger charge is -2.03. The maximum absolute atomic E-state index is 5.98. The zero-order valence-corrected chi connectivity index (χ0v) is 11.8. The first kappa shape index (κ1) is 12.5. The summed E-state index contributed by atoms with van der Waals surface area (Å²) in [5.41, 5.74) is 11.8. The van der Waals surface area contributed by atoms with Gasteiger partial charge in [-0.25, -0.2) is 4.98 Å². The largest absolute Gasteiger partial charge is 0.497 e.